The van der Waals surface area contributed by atoms with E-state index in [0.717, 1.165) is 12.8 Å². The zero-order chi connectivity index (χ0) is 15.1. The average Bonchev–Trinajstić information content (AvgIpc) is 2.42. The van der Waals surface area contributed by atoms with E-state index in [1.807, 2.05) is 24.8 Å². The molecule has 2 atom stereocenters. The summed E-state index contributed by atoms with van der Waals surface area (Å²) in [6.45, 7) is 8.86. The molecule has 1 aliphatic carbocycles. The Morgan fingerprint density at radius 3 is 2.70 bits per heavy atom. The van der Waals surface area contributed by atoms with Gasteiger partial charge < -0.3 is 4.90 Å². The van der Waals surface area contributed by atoms with Crippen LogP contribution >= 0.6 is 0 Å². The van der Waals surface area contributed by atoms with Gasteiger partial charge in [0.05, 0.1) is 5.57 Å². The molecule has 0 N–H and O–H groups in total. The number of nitrogens with zero attached hydrogens (tertiary/aromatic N) is 2. The smallest absolute Gasteiger partial charge is 0.219 e. The van der Waals surface area contributed by atoms with Gasteiger partial charge in [-0.3, -0.25) is 9.59 Å². The van der Waals surface area contributed by atoms with Gasteiger partial charge in [0.2, 0.25) is 5.91 Å². The number of likely N-dealkylation sites (tertiary alicyclic amines) is 1. The molecule has 0 aromatic heterocycles. The molecule has 0 aromatic carbocycles. The van der Waals surface area contributed by atoms with Crippen LogP contribution in [0.15, 0.2) is 11.6 Å². The Morgan fingerprint density at radius 2 is 2.20 bits per heavy atom. The fourth-order valence-electron chi connectivity index (χ4n) is 4.01. The van der Waals surface area contributed by atoms with E-state index in [0.29, 0.717) is 13.1 Å². The molecular formula is C16H22N2O2. The van der Waals surface area contributed by atoms with E-state index in [4.69, 9.17) is 0 Å². The van der Waals surface area contributed by atoms with Crippen molar-refractivity contribution >= 4 is 11.7 Å². The molecule has 0 radical (unpaired) electrons. The highest BCUT2D eigenvalue weighted by Crippen LogP contribution is 2.53. The van der Waals surface area contributed by atoms with Crippen molar-refractivity contribution < 1.29 is 9.59 Å². The Bertz CT molecular complexity index is 527. The summed E-state index contributed by atoms with van der Waals surface area (Å²) in [7, 11) is 0. The molecule has 108 valence electrons. The largest absolute Gasteiger partial charge is 0.342 e. The lowest BCUT2D eigenvalue weighted by atomic mass is 9.53. The van der Waals surface area contributed by atoms with Crippen molar-refractivity contribution in [2.24, 2.45) is 16.7 Å². The van der Waals surface area contributed by atoms with E-state index in [1.54, 1.807) is 6.92 Å². The maximum absolute atomic E-state index is 12.4. The number of hydrogen-bond donors (Lipinski definition) is 0. The second-order valence-electron chi connectivity index (χ2n) is 6.59. The number of ketones is 1. The zero-order valence-electron chi connectivity index (χ0n) is 12.7. The molecule has 2 aliphatic rings. The van der Waals surface area contributed by atoms with Gasteiger partial charge in [-0.25, -0.2) is 0 Å². The van der Waals surface area contributed by atoms with Crippen molar-refractivity contribution in [2.45, 2.75) is 40.5 Å². The molecular weight excluding hydrogens is 252 g/mol. The highest BCUT2D eigenvalue weighted by atomic mass is 16.2. The van der Waals surface area contributed by atoms with Gasteiger partial charge in [0.25, 0.3) is 0 Å². The van der Waals surface area contributed by atoms with Gasteiger partial charge in [-0.2, -0.15) is 5.26 Å². The molecule has 1 saturated heterocycles. The van der Waals surface area contributed by atoms with Gasteiger partial charge in [-0.05, 0) is 18.8 Å². The molecule has 0 spiro atoms. The van der Waals surface area contributed by atoms with Crippen LogP contribution in [0.4, 0.5) is 0 Å². The fraction of sp³-hybridized carbons (Fsp3) is 0.688. The third kappa shape index (κ3) is 1.96. The molecule has 4 nitrogen and oxygen atoms in total. The predicted molar refractivity (Wildman–Crippen MR) is 75.6 cm³/mol. The van der Waals surface area contributed by atoms with Crippen molar-refractivity contribution in [3.8, 4) is 6.07 Å². The summed E-state index contributed by atoms with van der Waals surface area (Å²) in [6.07, 6.45) is 3.51. The summed E-state index contributed by atoms with van der Waals surface area (Å²) in [5.41, 5.74) is -0.510. The molecule has 1 fully saturated rings. The number of rotatable bonds is 1. The molecule has 1 amide bonds. The minimum absolute atomic E-state index is 0.0506. The van der Waals surface area contributed by atoms with Crippen molar-refractivity contribution in [3.63, 3.8) is 0 Å². The number of nitriles is 1. The Kier molecular flexibility index (Phi) is 3.49. The minimum atomic E-state index is -0.529. The first kappa shape index (κ1) is 14.8. The zero-order valence-corrected chi connectivity index (χ0v) is 12.7. The molecule has 2 rings (SSSR count). The average molecular weight is 274 g/mol. The van der Waals surface area contributed by atoms with Gasteiger partial charge >= 0.3 is 0 Å². The van der Waals surface area contributed by atoms with Gasteiger partial charge in [-0.15, -0.1) is 0 Å². The monoisotopic (exact) mass is 274 g/mol. The molecule has 0 saturated carbocycles. The van der Waals surface area contributed by atoms with Crippen molar-refractivity contribution in [3.05, 3.63) is 11.6 Å². The number of piperidine rings is 1. The standard InChI is InChI=1S/C16H22N2O2/c1-5-16-8-12(9-17)14(20)15(3,4)13(16)6-7-18(10-16)11(2)19/h8,13H,5-7,10H2,1-4H3/t13-,16+/m1/s1. The van der Waals surface area contributed by atoms with Crippen LogP contribution in [-0.2, 0) is 9.59 Å². The second-order valence-corrected chi connectivity index (χ2v) is 6.59. The van der Waals surface area contributed by atoms with Gasteiger partial charge in [0.1, 0.15) is 6.07 Å². The Morgan fingerprint density at radius 1 is 1.55 bits per heavy atom. The number of fused-ring (bicyclic) bond motifs is 1. The normalized spacial score (nSPS) is 32.1. The summed E-state index contributed by atoms with van der Waals surface area (Å²) >= 11 is 0. The topological polar surface area (TPSA) is 61.2 Å². The first-order valence-electron chi connectivity index (χ1n) is 7.22. The van der Waals surface area contributed by atoms with Crippen molar-refractivity contribution in [2.75, 3.05) is 13.1 Å². The number of carbonyl (C=O) groups is 2. The lowest BCUT2D eigenvalue weighted by Crippen LogP contribution is -2.57. The Labute approximate surface area is 120 Å². The number of Topliss-reactive ketones (excluding diaryl/α,β-unsaturated/α-hetero) is 1. The summed E-state index contributed by atoms with van der Waals surface area (Å²) in [4.78, 5) is 26.0. The van der Waals surface area contributed by atoms with E-state index in [9.17, 15) is 14.9 Å². The summed E-state index contributed by atoms with van der Waals surface area (Å²) in [5.74, 6) is 0.212. The van der Waals surface area contributed by atoms with Gasteiger partial charge in [0.15, 0.2) is 5.78 Å². The Hall–Kier alpha value is -1.63. The van der Waals surface area contributed by atoms with E-state index < -0.39 is 5.41 Å². The van der Waals surface area contributed by atoms with Crippen LogP contribution in [0, 0.1) is 28.1 Å². The molecule has 1 heterocycles. The highest BCUT2D eigenvalue weighted by molar-refractivity contribution is 6.04. The summed E-state index contributed by atoms with van der Waals surface area (Å²) in [5, 5.41) is 9.25. The predicted octanol–water partition coefficient (Wildman–Crippen LogP) is 2.31. The van der Waals surface area contributed by atoms with Crippen LogP contribution in [0.1, 0.15) is 40.5 Å². The van der Waals surface area contributed by atoms with Crippen molar-refractivity contribution in [1.82, 2.24) is 4.90 Å². The maximum Gasteiger partial charge on any atom is 0.219 e. The molecule has 0 aromatic rings. The summed E-state index contributed by atoms with van der Waals surface area (Å²) in [6, 6.07) is 2.05. The second kappa shape index (κ2) is 4.73. The van der Waals surface area contributed by atoms with E-state index in [-0.39, 0.29) is 28.6 Å². The third-order valence-corrected chi connectivity index (χ3v) is 5.22. The first-order valence-corrected chi connectivity index (χ1v) is 7.22. The van der Waals surface area contributed by atoms with E-state index in [2.05, 4.69) is 13.0 Å². The maximum atomic E-state index is 12.4. The fourth-order valence-corrected chi connectivity index (χ4v) is 4.01. The van der Waals surface area contributed by atoms with E-state index >= 15 is 0 Å². The minimum Gasteiger partial charge on any atom is -0.342 e. The number of amides is 1. The number of allylic oxidation sites excluding steroid dienone is 1. The van der Waals surface area contributed by atoms with Crippen LogP contribution in [0.25, 0.3) is 0 Å². The highest BCUT2D eigenvalue weighted by Gasteiger charge is 2.54. The lowest BCUT2D eigenvalue weighted by Gasteiger charge is -2.54. The molecule has 20 heavy (non-hydrogen) atoms. The van der Waals surface area contributed by atoms with Crippen LogP contribution in [0.5, 0.6) is 0 Å². The SMILES string of the molecule is CC[C@@]12C=C(C#N)C(=O)C(C)(C)[C@H]1CCN(C(C)=O)C2. The van der Waals surface area contributed by atoms with Gasteiger partial charge in [-0.1, -0.05) is 26.8 Å². The van der Waals surface area contributed by atoms with E-state index in [1.165, 1.54) is 0 Å². The molecule has 0 unspecified atom stereocenters. The molecule has 1 aliphatic heterocycles. The quantitative estimate of drug-likeness (QED) is 0.737. The van der Waals surface area contributed by atoms with Crippen LogP contribution < -0.4 is 0 Å². The summed E-state index contributed by atoms with van der Waals surface area (Å²) < 4.78 is 0. The van der Waals surface area contributed by atoms with Crippen molar-refractivity contribution in [1.29, 1.82) is 5.26 Å². The van der Waals surface area contributed by atoms with Crippen LogP contribution in [0.2, 0.25) is 0 Å². The van der Waals surface area contributed by atoms with Crippen LogP contribution in [0.3, 0.4) is 0 Å². The van der Waals surface area contributed by atoms with Crippen LogP contribution in [-0.4, -0.2) is 29.7 Å². The number of hydrogen-bond acceptors (Lipinski definition) is 3. The lowest BCUT2D eigenvalue weighted by molar-refractivity contribution is -0.140. The Balaban J connectivity index is 2.53. The van der Waals surface area contributed by atoms with Gasteiger partial charge in [0, 0.05) is 30.8 Å². The third-order valence-electron chi connectivity index (χ3n) is 5.22. The first-order chi connectivity index (χ1) is 9.28. The molecule has 0 bridgehead atoms. The molecule has 4 heteroatoms. The number of carbonyl (C=O) groups excluding carboxylic acids is 2.